The Morgan fingerprint density at radius 3 is 2.97 bits per heavy atom. The van der Waals surface area contributed by atoms with Crippen LogP contribution >= 0.6 is 0 Å². The van der Waals surface area contributed by atoms with Gasteiger partial charge in [0.25, 0.3) is 0 Å². The number of alkyl carbamates (subject to hydrolysis) is 1. The van der Waals surface area contributed by atoms with E-state index in [1.54, 1.807) is 24.6 Å². The van der Waals surface area contributed by atoms with Gasteiger partial charge in [0.15, 0.2) is 6.10 Å². The zero-order chi connectivity index (χ0) is 20.2. The van der Waals surface area contributed by atoms with E-state index < -0.39 is 23.4 Å². The Hall–Kier alpha value is -3.48. The number of rotatable bonds is 2. The molecule has 1 N–H and O–H groups in total. The fourth-order valence-electron chi connectivity index (χ4n) is 3.67. The zero-order valence-electron chi connectivity index (χ0n) is 15.9. The number of nitrogens with one attached hydrogen (secondary N) is 1. The molecule has 29 heavy (non-hydrogen) atoms. The Kier molecular flexibility index (Phi) is 3.81. The van der Waals surface area contributed by atoms with Gasteiger partial charge in [-0.3, -0.25) is 5.32 Å². The lowest BCUT2D eigenvalue weighted by atomic mass is 9.90. The molecule has 1 amide bonds. The maximum absolute atomic E-state index is 12.3. The summed E-state index contributed by atoms with van der Waals surface area (Å²) in [5.41, 5.74) is 2.19. The van der Waals surface area contributed by atoms with E-state index in [2.05, 4.69) is 5.32 Å². The van der Waals surface area contributed by atoms with Crippen LogP contribution in [0.1, 0.15) is 19.4 Å². The largest absolute Gasteiger partial charge is 0.489 e. The topological polar surface area (TPSA) is 87.0 Å². The summed E-state index contributed by atoms with van der Waals surface area (Å²) in [7, 11) is 0. The lowest BCUT2D eigenvalue weighted by Crippen LogP contribution is -2.49. The molecule has 1 fully saturated rings. The molecule has 1 unspecified atom stereocenters. The predicted octanol–water partition coefficient (Wildman–Crippen LogP) is 3.34. The second kappa shape index (κ2) is 6.27. The normalized spacial score (nSPS) is 24.6. The van der Waals surface area contributed by atoms with Crippen molar-refractivity contribution in [2.75, 3.05) is 0 Å². The Balaban J connectivity index is 1.32. The smallest absolute Gasteiger partial charge is 0.411 e. The highest BCUT2D eigenvalue weighted by atomic mass is 16.6. The third-order valence-corrected chi connectivity index (χ3v) is 5.33. The van der Waals surface area contributed by atoms with E-state index in [9.17, 15) is 9.59 Å². The maximum Gasteiger partial charge on any atom is 0.411 e. The molecule has 1 aromatic carbocycles. The van der Waals surface area contributed by atoms with Gasteiger partial charge in [-0.1, -0.05) is 6.08 Å². The average Bonchev–Trinajstić information content (AvgIpc) is 3.38. The van der Waals surface area contributed by atoms with Gasteiger partial charge in [-0.15, -0.1) is 0 Å². The van der Waals surface area contributed by atoms with Crippen molar-refractivity contribution in [1.29, 1.82) is 0 Å². The number of fused-ring (bicyclic) bond motifs is 3. The number of carbonyl (C=O) groups excluding carboxylic acids is 1. The molecule has 3 heterocycles. The number of ether oxygens (including phenoxy) is 3. The number of hydrogen-bond acceptors (Lipinski definition) is 6. The molecule has 2 atom stereocenters. The molecule has 1 saturated carbocycles. The fraction of sp³-hybridized carbons (Fsp3) is 0.273. The van der Waals surface area contributed by atoms with Crippen LogP contribution in [0.2, 0.25) is 0 Å². The number of allylic oxidation sites excluding steroid dienone is 2. The molecular weight excluding hydrogens is 374 g/mol. The van der Waals surface area contributed by atoms with Crippen LogP contribution in [-0.2, 0) is 15.9 Å². The van der Waals surface area contributed by atoms with Crippen LogP contribution in [0.5, 0.6) is 5.75 Å². The van der Waals surface area contributed by atoms with Gasteiger partial charge in [0.05, 0.1) is 6.26 Å². The summed E-state index contributed by atoms with van der Waals surface area (Å²) in [5.74, 6) is 0.623. The van der Waals surface area contributed by atoms with Crippen molar-refractivity contribution < 1.29 is 23.4 Å². The first-order valence-electron chi connectivity index (χ1n) is 9.36. The second-order valence-electron chi connectivity index (χ2n) is 7.77. The van der Waals surface area contributed by atoms with Crippen LogP contribution in [0.4, 0.5) is 4.79 Å². The first kappa shape index (κ1) is 17.6. The lowest BCUT2D eigenvalue weighted by molar-refractivity contribution is -0.0486. The summed E-state index contributed by atoms with van der Waals surface area (Å²) in [6.45, 7) is 3.72. The van der Waals surface area contributed by atoms with Gasteiger partial charge in [-0.2, -0.15) is 0 Å². The SMILES string of the molecule is CC1(C)Oc2cc3oc(=O)ccc3cc2C[C@H]1OC(=O)N/C=C1/C2=CC=COC21. The van der Waals surface area contributed by atoms with Gasteiger partial charge in [0.1, 0.15) is 23.0 Å². The number of amides is 1. The lowest BCUT2D eigenvalue weighted by Gasteiger charge is -2.39. The van der Waals surface area contributed by atoms with Crippen molar-refractivity contribution in [3.63, 3.8) is 0 Å². The Labute approximate surface area is 166 Å². The first-order valence-corrected chi connectivity index (χ1v) is 9.36. The van der Waals surface area contributed by atoms with E-state index in [4.69, 9.17) is 18.6 Å². The van der Waals surface area contributed by atoms with Crippen molar-refractivity contribution >= 4 is 17.1 Å². The van der Waals surface area contributed by atoms with Crippen LogP contribution in [-0.4, -0.2) is 23.9 Å². The van der Waals surface area contributed by atoms with E-state index >= 15 is 0 Å². The van der Waals surface area contributed by atoms with Crippen molar-refractivity contribution in [3.05, 3.63) is 76.0 Å². The molecule has 1 aliphatic carbocycles. The van der Waals surface area contributed by atoms with Crippen LogP contribution in [0.3, 0.4) is 0 Å². The Morgan fingerprint density at radius 1 is 1.31 bits per heavy atom. The quantitative estimate of drug-likeness (QED) is 0.788. The van der Waals surface area contributed by atoms with Crippen molar-refractivity contribution in [2.24, 2.45) is 0 Å². The minimum atomic E-state index is -0.747. The fourth-order valence-corrected chi connectivity index (χ4v) is 3.67. The molecule has 3 aliphatic rings. The molecule has 5 rings (SSSR count). The van der Waals surface area contributed by atoms with Crippen LogP contribution in [0.15, 0.2) is 69.2 Å². The number of benzene rings is 1. The summed E-state index contributed by atoms with van der Waals surface area (Å²) in [6.07, 6.45) is 6.41. The standard InChI is InChI=1S/C22H19NO6/c1-22(2)18(28-21(25)23-11-15-14-4-3-7-26-20(14)15)9-13-8-12-5-6-19(24)27-16(12)10-17(13)29-22/h3-8,10-11,18,20H,9H2,1-2H3,(H,23,25)/b15-11-/t18-,20?/m1/s1. The van der Waals surface area contributed by atoms with Gasteiger partial charge >= 0.3 is 11.7 Å². The molecule has 0 saturated heterocycles. The third kappa shape index (κ3) is 3.18. The highest BCUT2D eigenvalue weighted by Gasteiger charge is 2.42. The molecular formula is C22H19NO6. The summed E-state index contributed by atoms with van der Waals surface area (Å²) in [4.78, 5) is 23.8. The monoisotopic (exact) mass is 393 g/mol. The van der Waals surface area contributed by atoms with Gasteiger partial charge < -0.3 is 18.6 Å². The minimum Gasteiger partial charge on any atom is -0.489 e. The molecule has 7 heteroatoms. The molecule has 0 spiro atoms. The molecule has 148 valence electrons. The Bertz CT molecular complexity index is 1170. The summed E-state index contributed by atoms with van der Waals surface area (Å²) in [5, 5.41) is 3.46. The highest BCUT2D eigenvalue weighted by molar-refractivity contribution is 5.79. The minimum absolute atomic E-state index is 0.0602. The molecule has 2 aliphatic heterocycles. The molecule has 2 aromatic rings. The molecule has 1 aromatic heterocycles. The number of carbonyl (C=O) groups is 1. The van der Waals surface area contributed by atoms with Gasteiger partial charge in [0.2, 0.25) is 0 Å². The average molecular weight is 393 g/mol. The number of hydrogen-bond donors (Lipinski definition) is 1. The van der Waals surface area contributed by atoms with E-state index in [0.29, 0.717) is 17.8 Å². The van der Waals surface area contributed by atoms with Crippen molar-refractivity contribution in [3.8, 4) is 5.75 Å². The third-order valence-electron chi connectivity index (χ3n) is 5.33. The highest BCUT2D eigenvalue weighted by Crippen LogP contribution is 2.42. The van der Waals surface area contributed by atoms with Crippen LogP contribution in [0.25, 0.3) is 11.0 Å². The van der Waals surface area contributed by atoms with Gasteiger partial charge in [-0.25, -0.2) is 9.59 Å². The van der Waals surface area contributed by atoms with Crippen molar-refractivity contribution in [1.82, 2.24) is 5.32 Å². The van der Waals surface area contributed by atoms with E-state index in [-0.39, 0.29) is 6.10 Å². The zero-order valence-corrected chi connectivity index (χ0v) is 15.9. The van der Waals surface area contributed by atoms with Crippen LogP contribution in [0, 0.1) is 0 Å². The van der Waals surface area contributed by atoms with Gasteiger partial charge in [-0.05, 0) is 37.6 Å². The maximum atomic E-state index is 12.3. The molecule has 7 nitrogen and oxygen atoms in total. The van der Waals surface area contributed by atoms with E-state index in [1.807, 2.05) is 32.1 Å². The summed E-state index contributed by atoms with van der Waals surface area (Å²) >= 11 is 0. The molecule has 0 radical (unpaired) electrons. The second-order valence-corrected chi connectivity index (χ2v) is 7.77. The van der Waals surface area contributed by atoms with Crippen LogP contribution < -0.4 is 15.7 Å². The summed E-state index contributed by atoms with van der Waals surface area (Å²) < 4.78 is 22.4. The Morgan fingerprint density at radius 2 is 2.17 bits per heavy atom. The van der Waals surface area contributed by atoms with Crippen molar-refractivity contribution in [2.45, 2.75) is 38.1 Å². The first-order chi connectivity index (χ1) is 13.9. The predicted molar refractivity (Wildman–Crippen MR) is 104 cm³/mol. The van der Waals surface area contributed by atoms with E-state index in [1.165, 1.54) is 6.07 Å². The summed E-state index contributed by atoms with van der Waals surface area (Å²) in [6, 6.07) is 6.69. The van der Waals surface area contributed by atoms with E-state index in [0.717, 1.165) is 22.1 Å². The van der Waals surface area contributed by atoms with Gasteiger partial charge in [0, 0.05) is 41.3 Å². The molecule has 0 bridgehead atoms.